The van der Waals surface area contributed by atoms with Gasteiger partial charge in [-0.15, -0.1) is 0 Å². The van der Waals surface area contributed by atoms with E-state index in [0.717, 1.165) is 35.1 Å². The van der Waals surface area contributed by atoms with Crippen LogP contribution in [0.2, 0.25) is 0 Å². The first-order chi connectivity index (χ1) is 13.8. The van der Waals surface area contributed by atoms with Crippen LogP contribution in [0.3, 0.4) is 0 Å². The van der Waals surface area contributed by atoms with Crippen molar-refractivity contribution in [2.45, 2.75) is 50.5 Å². The number of aryl methyl sites for hydroxylation is 1. The fourth-order valence-corrected chi connectivity index (χ4v) is 3.90. The molecule has 2 aromatic carbocycles. The normalized spacial score (nSPS) is 16.2. The van der Waals surface area contributed by atoms with Gasteiger partial charge in [-0.1, -0.05) is 49.3 Å². The molecule has 3 rings (SSSR count). The van der Waals surface area contributed by atoms with E-state index in [1.807, 2.05) is 31.2 Å². The zero-order valence-corrected chi connectivity index (χ0v) is 17.7. The highest BCUT2D eigenvalue weighted by Crippen LogP contribution is 2.33. The Morgan fingerprint density at radius 2 is 1.83 bits per heavy atom. The van der Waals surface area contributed by atoms with Crippen molar-refractivity contribution in [3.63, 3.8) is 0 Å². The van der Waals surface area contributed by atoms with Crippen LogP contribution < -0.4 is 0 Å². The minimum absolute atomic E-state index is 0.281. The summed E-state index contributed by atoms with van der Waals surface area (Å²) in [6.45, 7) is 3.98. The molecule has 1 unspecified atom stereocenters. The summed E-state index contributed by atoms with van der Waals surface area (Å²) in [4.78, 5) is 17.5. The maximum absolute atomic E-state index is 11.7. The van der Waals surface area contributed by atoms with Crippen LogP contribution in [-0.2, 0) is 30.6 Å². The summed E-state index contributed by atoms with van der Waals surface area (Å²) in [5, 5.41) is 3.92. The summed E-state index contributed by atoms with van der Waals surface area (Å²) in [5.74, 6) is 0.0232. The van der Waals surface area contributed by atoms with Gasteiger partial charge in [0.15, 0.2) is 15.9 Å². The second-order valence-electron chi connectivity index (χ2n) is 7.07. The fraction of sp³-hybridized carbons (Fsp3) is 0.364. The van der Waals surface area contributed by atoms with Crippen molar-refractivity contribution >= 4 is 21.7 Å². The average Bonchev–Trinajstić information content (AvgIpc) is 3.15. The Bertz CT molecular complexity index is 1030. The number of ether oxygens (including phenoxy) is 1. The molecule has 0 radical (unpaired) electrons. The van der Waals surface area contributed by atoms with Gasteiger partial charge in [0.2, 0.25) is 5.90 Å². The first-order valence-corrected chi connectivity index (χ1v) is 11.6. The number of hydrogen-bond acceptors (Lipinski definition) is 6. The van der Waals surface area contributed by atoms with Crippen molar-refractivity contribution in [2.24, 2.45) is 5.16 Å². The van der Waals surface area contributed by atoms with E-state index in [1.165, 1.54) is 6.26 Å². The summed E-state index contributed by atoms with van der Waals surface area (Å²) < 4.78 is 28.5. The predicted octanol–water partition coefficient (Wildman–Crippen LogP) is 4.44. The van der Waals surface area contributed by atoms with E-state index in [0.29, 0.717) is 23.6 Å². The Morgan fingerprint density at radius 1 is 1.14 bits per heavy atom. The molecule has 154 valence electrons. The molecular formula is C22H25NO5S. The van der Waals surface area contributed by atoms with Crippen LogP contribution in [0.1, 0.15) is 50.3 Å². The van der Waals surface area contributed by atoms with Gasteiger partial charge < -0.3 is 9.57 Å². The number of oxime groups is 1. The van der Waals surface area contributed by atoms with Gasteiger partial charge in [-0.2, -0.15) is 0 Å². The molecule has 0 amide bonds. The second kappa shape index (κ2) is 8.78. The molecule has 0 aromatic heterocycles. The molecule has 1 aliphatic rings. The molecule has 0 spiro atoms. The highest BCUT2D eigenvalue weighted by atomic mass is 32.2. The Hall–Kier alpha value is -2.67. The third-order valence-corrected chi connectivity index (χ3v) is 5.94. The molecule has 1 heterocycles. The SMILES string of the molecule is CCCC(=O)OC1=NOC(c2ccc(-c3ccc(S(C)(=O)=O)cc3)cc2CC)C1. The molecule has 1 aliphatic heterocycles. The molecule has 29 heavy (non-hydrogen) atoms. The molecule has 0 bridgehead atoms. The van der Waals surface area contributed by atoms with Crippen LogP contribution in [0.25, 0.3) is 11.1 Å². The molecule has 0 saturated carbocycles. The number of hydrogen-bond donors (Lipinski definition) is 0. The van der Waals surface area contributed by atoms with Crippen LogP contribution in [0.15, 0.2) is 52.5 Å². The monoisotopic (exact) mass is 415 g/mol. The molecule has 7 heteroatoms. The Labute approximate surface area is 171 Å². The van der Waals surface area contributed by atoms with E-state index >= 15 is 0 Å². The second-order valence-corrected chi connectivity index (χ2v) is 9.09. The van der Waals surface area contributed by atoms with Crippen molar-refractivity contribution in [3.8, 4) is 11.1 Å². The number of benzene rings is 2. The van der Waals surface area contributed by atoms with Crippen LogP contribution in [0, 0.1) is 0 Å². The minimum Gasteiger partial charge on any atom is -0.408 e. The Balaban J connectivity index is 1.77. The molecule has 0 N–H and O–H groups in total. The van der Waals surface area contributed by atoms with Crippen molar-refractivity contribution < 1.29 is 22.8 Å². The maximum atomic E-state index is 11.7. The van der Waals surface area contributed by atoms with Crippen molar-refractivity contribution in [1.82, 2.24) is 0 Å². The molecule has 2 aromatic rings. The molecule has 6 nitrogen and oxygen atoms in total. The first-order valence-electron chi connectivity index (χ1n) is 9.68. The van der Waals surface area contributed by atoms with E-state index in [-0.39, 0.29) is 12.1 Å². The highest BCUT2D eigenvalue weighted by Gasteiger charge is 2.27. The quantitative estimate of drug-likeness (QED) is 0.652. The maximum Gasteiger partial charge on any atom is 0.312 e. The molecule has 0 aliphatic carbocycles. The fourth-order valence-electron chi connectivity index (χ4n) is 3.27. The predicted molar refractivity (Wildman–Crippen MR) is 111 cm³/mol. The third kappa shape index (κ3) is 5.03. The number of carbonyl (C=O) groups excluding carboxylic acids is 1. The van der Waals surface area contributed by atoms with Gasteiger partial charge in [0, 0.05) is 12.7 Å². The number of nitrogens with zero attached hydrogens (tertiary/aromatic N) is 1. The zero-order valence-electron chi connectivity index (χ0n) is 16.8. The Kier molecular flexibility index (Phi) is 6.37. The lowest BCUT2D eigenvalue weighted by atomic mass is 9.94. The summed E-state index contributed by atoms with van der Waals surface area (Å²) in [6, 6.07) is 12.9. The van der Waals surface area contributed by atoms with Gasteiger partial charge in [-0.3, -0.25) is 4.79 Å². The van der Waals surface area contributed by atoms with Gasteiger partial charge in [0.25, 0.3) is 0 Å². The lowest BCUT2D eigenvalue weighted by molar-refractivity contribution is -0.135. The van der Waals surface area contributed by atoms with Crippen molar-refractivity contribution in [3.05, 3.63) is 53.6 Å². The molecule has 1 atom stereocenters. The lowest BCUT2D eigenvalue weighted by Gasteiger charge is -2.15. The minimum atomic E-state index is -3.22. The van der Waals surface area contributed by atoms with Gasteiger partial charge in [-0.05, 0) is 47.2 Å². The highest BCUT2D eigenvalue weighted by molar-refractivity contribution is 7.90. The summed E-state index contributed by atoms with van der Waals surface area (Å²) in [7, 11) is -3.22. The topological polar surface area (TPSA) is 82.0 Å². The number of sulfone groups is 1. The zero-order chi connectivity index (χ0) is 21.0. The van der Waals surface area contributed by atoms with Gasteiger partial charge in [-0.25, -0.2) is 8.42 Å². The summed E-state index contributed by atoms with van der Waals surface area (Å²) >= 11 is 0. The molecular weight excluding hydrogens is 390 g/mol. The average molecular weight is 416 g/mol. The Morgan fingerprint density at radius 3 is 2.45 bits per heavy atom. The third-order valence-electron chi connectivity index (χ3n) is 4.81. The van der Waals surface area contributed by atoms with Gasteiger partial charge >= 0.3 is 5.97 Å². The van der Waals surface area contributed by atoms with Crippen LogP contribution in [-0.4, -0.2) is 26.5 Å². The smallest absolute Gasteiger partial charge is 0.312 e. The van der Waals surface area contributed by atoms with E-state index in [1.54, 1.807) is 12.1 Å². The number of rotatable bonds is 6. The van der Waals surface area contributed by atoms with E-state index in [9.17, 15) is 13.2 Å². The molecule has 0 fully saturated rings. The van der Waals surface area contributed by atoms with Gasteiger partial charge in [0.05, 0.1) is 11.3 Å². The number of esters is 1. The van der Waals surface area contributed by atoms with E-state index in [4.69, 9.17) is 9.57 Å². The van der Waals surface area contributed by atoms with Crippen molar-refractivity contribution in [1.29, 1.82) is 0 Å². The van der Waals surface area contributed by atoms with Crippen molar-refractivity contribution in [2.75, 3.05) is 6.26 Å². The van der Waals surface area contributed by atoms with Crippen LogP contribution in [0.4, 0.5) is 0 Å². The van der Waals surface area contributed by atoms with E-state index < -0.39 is 9.84 Å². The standard InChI is InChI=1S/C22H25NO5S/c1-4-6-22(24)27-21-14-20(28-23-21)19-12-9-17(13-15(19)5-2)16-7-10-18(11-8-16)29(3,25)26/h7-13,20H,4-6,14H2,1-3H3. The van der Waals surface area contributed by atoms with Gasteiger partial charge in [0.1, 0.15) is 0 Å². The largest absolute Gasteiger partial charge is 0.408 e. The molecule has 0 saturated heterocycles. The van der Waals surface area contributed by atoms with E-state index in [2.05, 4.69) is 18.1 Å². The summed E-state index contributed by atoms with van der Waals surface area (Å²) in [5.41, 5.74) is 4.06. The lowest BCUT2D eigenvalue weighted by Crippen LogP contribution is -2.11. The van der Waals surface area contributed by atoms with Crippen LogP contribution in [0.5, 0.6) is 0 Å². The first kappa shape index (κ1) is 21.0. The summed E-state index contributed by atoms with van der Waals surface area (Å²) in [6.07, 6.45) is 3.22. The van der Waals surface area contributed by atoms with Crippen LogP contribution >= 0.6 is 0 Å². The number of carbonyl (C=O) groups is 1.